The Kier molecular flexibility index (Phi) is 6.52. The molecule has 6 heteroatoms. The van der Waals surface area contributed by atoms with E-state index in [1.54, 1.807) is 35.7 Å². The monoisotopic (exact) mass is 385 g/mol. The molecule has 134 valence electrons. The second-order valence-electron chi connectivity index (χ2n) is 5.81. The normalized spacial score (nSPS) is 10.8. The van der Waals surface area contributed by atoms with Crippen LogP contribution < -0.4 is 0 Å². The zero-order chi connectivity index (χ0) is 18.4. The molecule has 3 aromatic rings. The summed E-state index contributed by atoms with van der Waals surface area (Å²) in [7, 11) is 0. The summed E-state index contributed by atoms with van der Waals surface area (Å²) < 4.78 is 15.1. The minimum atomic E-state index is -0.219. The van der Waals surface area contributed by atoms with Crippen LogP contribution in [0, 0.1) is 12.7 Å². The number of hydrogen-bond acceptors (Lipinski definition) is 4. The average molecular weight is 386 g/mol. The molecule has 0 saturated carbocycles. The van der Waals surface area contributed by atoms with Crippen LogP contribution >= 0.6 is 23.5 Å². The van der Waals surface area contributed by atoms with Gasteiger partial charge in [0.2, 0.25) is 0 Å². The van der Waals surface area contributed by atoms with Crippen molar-refractivity contribution in [3.8, 4) is 0 Å². The summed E-state index contributed by atoms with van der Waals surface area (Å²) in [4.78, 5) is 1.21. The van der Waals surface area contributed by atoms with Gasteiger partial charge in [0, 0.05) is 17.2 Å². The van der Waals surface area contributed by atoms with Crippen molar-refractivity contribution in [1.82, 2.24) is 14.8 Å². The van der Waals surface area contributed by atoms with Crippen molar-refractivity contribution < 1.29 is 4.39 Å². The van der Waals surface area contributed by atoms with Crippen LogP contribution in [-0.2, 0) is 18.1 Å². The molecular weight excluding hydrogens is 365 g/mol. The maximum atomic E-state index is 13.0. The fraction of sp³-hybridized carbons (Fsp3) is 0.200. The smallest absolute Gasteiger partial charge is 0.191 e. The fourth-order valence-corrected chi connectivity index (χ4v) is 4.12. The van der Waals surface area contributed by atoms with Crippen LogP contribution in [0.4, 0.5) is 4.39 Å². The number of allylic oxidation sites excluding steroid dienone is 1. The zero-order valence-electron chi connectivity index (χ0n) is 14.6. The summed E-state index contributed by atoms with van der Waals surface area (Å²) in [6.07, 6.45) is 1.85. The Hall–Kier alpha value is -2.05. The van der Waals surface area contributed by atoms with Crippen molar-refractivity contribution in [2.24, 2.45) is 0 Å². The molecule has 0 spiro atoms. The van der Waals surface area contributed by atoms with Gasteiger partial charge in [-0.25, -0.2) is 4.39 Å². The molecule has 2 aromatic carbocycles. The van der Waals surface area contributed by atoms with Crippen LogP contribution in [0.15, 0.2) is 71.2 Å². The van der Waals surface area contributed by atoms with E-state index >= 15 is 0 Å². The topological polar surface area (TPSA) is 30.7 Å². The van der Waals surface area contributed by atoms with E-state index in [-0.39, 0.29) is 5.82 Å². The molecule has 0 aliphatic rings. The standard InChI is InChI=1S/C20H20FN3S2/c1-3-12-24-19(14-25-18-10-4-15(2)5-11-18)22-23-20(24)26-13-16-6-8-17(21)9-7-16/h3-11H,1,12-14H2,2H3. The molecule has 3 nitrogen and oxygen atoms in total. The van der Waals surface area contributed by atoms with Gasteiger partial charge in [0.1, 0.15) is 11.6 Å². The Labute approximate surface area is 161 Å². The molecule has 0 fully saturated rings. The van der Waals surface area contributed by atoms with E-state index in [1.807, 2.05) is 6.08 Å². The Balaban J connectivity index is 1.67. The highest BCUT2D eigenvalue weighted by Gasteiger charge is 2.12. The SMILES string of the molecule is C=CCn1c(CSc2ccc(C)cc2)nnc1SCc1ccc(F)cc1. The van der Waals surface area contributed by atoms with E-state index in [2.05, 4.69) is 52.5 Å². The van der Waals surface area contributed by atoms with Crippen LogP contribution in [0.3, 0.4) is 0 Å². The third kappa shape index (κ3) is 4.99. The van der Waals surface area contributed by atoms with E-state index in [9.17, 15) is 4.39 Å². The van der Waals surface area contributed by atoms with Gasteiger partial charge in [-0.3, -0.25) is 0 Å². The predicted molar refractivity (Wildman–Crippen MR) is 107 cm³/mol. The molecule has 0 radical (unpaired) electrons. The summed E-state index contributed by atoms with van der Waals surface area (Å²) in [5, 5.41) is 9.55. The second-order valence-corrected chi connectivity index (χ2v) is 7.81. The maximum absolute atomic E-state index is 13.0. The molecule has 0 N–H and O–H groups in total. The van der Waals surface area contributed by atoms with Gasteiger partial charge < -0.3 is 4.57 Å². The summed E-state index contributed by atoms with van der Waals surface area (Å²) in [6.45, 7) is 6.59. The lowest BCUT2D eigenvalue weighted by Gasteiger charge is -2.08. The molecule has 0 unspecified atom stereocenters. The van der Waals surface area contributed by atoms with E-state index in [4.69, 9.17) is 0 Å². The Morgan fingerprint density at radius 1 is 1.00 bits per heavy atom. The predicted octanol–water partition coefficient (Wildman–Crippen LogP) is 5.50. The lowest BCUT2D eigenvalue weighted by Crippen LogP contribution is -2.03. The Morgan fingerprint density at radius 2 is 1.73 bits per heavy atom. The van der Waals surface area contributed by atoms with Gasteiger partial charge in [-0.1, -0.05) is 47.7 Å². The number of hydrogen-bond donors (Lipinski definition) is 0. The lowest BCUT2D eigenvalue weighted by molar-refractivity contribution is 0.627. The molecule has 0 amide bonds. The minimum Gasteiger partial charge on any atom is -0.301 e. The van der Waals surface area contributed by atoms with Crippen LogP contribution in [-0.4, -0.2) is 14.8 Å². The Bertz CT molecular complexity index is 791. The molecule has 0 atom stereocenters. The average Bonchev–Trinajstić information content (AvgIpc) is 3.03. The summed E-state index contributed by atoms with van der Waals surface area (Å²) in [5.74, 6) is 2.18. The second kappa shape index (κ2) is 9.05. The number of aromatic nitrogens is 3. The van der Waals surface area contributed by atoms with E-state index < -0.39 is 0 Å². The van der Waals surface area contributed by atoms with E-state index in [1.165, 1.54) is 22.6 Å². The number of halogens is 1. The first kappa shape index (κ1) is 18.7. The van der Waals surface area contributed by atoms with Gasteiger partial charge in [0.25, 0.3) is 0 Å². The number of benzene rings is 2. The highest BCUT2D eigenvalue weighted by Crippen LogP contribution is 2.26. The van der Waals surface area contributed by atoms with Gasteiger partial charge in [0.15, 0.2) is 5.16 Å². The molecule has 3 rings (SSSR count). The molecule has 1 aromatic heterocycles. The van der Waals surface area contributed by atoms with E-state index in [0.29, 0.717) is 6.54 Å². The molecule has 1 heterocycles. The molecule has 0 aliphatic carbocycles. The van der Waals surface area contributed by atoms with Crippen molar-refractivity contribution in [2.75, 3.05) is 0 Å². The van der Waals surface area contributed by atoms with Crippen LogP contribution in [0.1, 0.15) is 17.0 Å². The molecular formula is C20H20FN3S2. The van der Waals surface area contributed by atoms with Crippen LogP contribution in [0.2, 0.25) is 0 Å². The first-order valence-corrected chi connectivity index (χ1v) is 10.2. The number of nitrogens with zero attached hydrogens (tertiary/aromatic N) is 3. The van der Waals surface area contributed by atoms with E-state index in [0.717, 1.165) is 28.0 Å². The lowest BCUT2D eigenvalue weighted by atomic mass is 10.2. The number of thioether (sulfide) groups is 2. The third-order valence-corrected chi connectivity index (χ3v) is 5.82. The first-order valence-electron chi connectivity index (χ1n) is 8.25. The van der Waals surface area contributed by atoms with Crippen molar-refractivity contribution in [2.45, 2.75) is 35.0 Å². The Morgan fingerprint density at radius 3 is 2.42 bits per heavy atom. The largest absolute Gasteiger partial charge is 0.301 e. The van der Waals surface area contributed by atoms with Gasteiger partial charge in [-0.15, -0.1) is 28.5 Å². The van der Waals surface area contributed by atoms with Gasteiger partial charge >= 0.3 is 0 Å². The van der Waals surface area contributed by atoms with Crippen molar-refractivity contribution in [3.63, 3.8) is 0 Å². The third-order valence-electron chi connectivity index (χ3n) is 3.78. The summed E-state index contributed by atoms with van der Waals surface area (Å²) in [6, 6.07) is 15.0. The maximum Gasteiger partial charge on any atom is 0.191 e. The number of rotatable bonds is 8. The quantitative estimate of drug-likeness (QED) is 0.379. The van der Waals surface area contributed by atoms with Crippen molar-refractivity contribution in [1.29, 1.82) is 0 Å². The van der Waals surface area contributed by atoms with Crippen molar-refractivity contribution >= 4 is 23.5 Å². The first-order chi connectivity index (χ1) is 12.7. The van der Waals surface area contributed by atoms with Gasteiger partial charge in [0.05, 0.1) is 5.75 Å². The highest BCUT2D eigenvalue weighted by atomic mass is 32.2. The van der Waals surface area contributed by atoms with Gasteiger partial charge in [-0.05, 0) is 36.8 Å². The van der Waals surface area contributed by atoms with Crippen LogP contribution in [0.25, 0.3) is 0 Å². The fourth-order valence-electron chi connectivity index (χ4n) is 2.36. The van der Waals surface area contributed by atoms with Crippen LogP contribution in [0.5, 0.6) is 0 Å². The molecule has 0 bridgehead atoms. The minimum absolute atomic E-state index is 0.219. The summed E-state index contributed by atoms with van der Waals surface area (Å²) in [5.41, 5.74) is 2.31. The van der Waals surface area contributed by atoms with Crippen molar-refractivity contribution in [3.05, 3.63) is 84.0 Å². The molecule has 0 saturated heterocycles. The summed E-state index contributed by atoms with van der Waals surface area (Å²) >= 11 is 3.34. The molecule has 26 heavy (non-hydrogen) atoms. The van der Waals surface area contributed by atoms with Gasteiger partial charge in [-0.2, -0.15) is 0 Å². The molecule has 0 aliphatic heterocycles. The number of aryl methyl sites for hydroxylation is 1. The highest BCUT2D eigenvalue weighted by molar-refractivity contribution is 7.98. The zero-order valence-corrected chi connectivity index (χ0v) is 16.2.